The largest absolute Gasteiger partial charge is 0.490 e. The normalized spacial score (nSPS) is 10.7. The van der Waals surface area contributed by atoms with Crippen LogP contribution in [0.2, 0.25) is 15.1 Å². The highest BCUT2D eigenvalue weighted by Crippen LogP contribution is 2.45. The molecule has 0 aliphatic heterocycles. The second kappa shape index (κ2) is 14.2. The lowest BCUT2D eigenvalue weighted by Crippen LogP contribution is -2.15. The van der Waals surface area contributed by atoms with Gasteiger partial charge >= 0.3 is 5.97 Å². The highest BCUT2D eigenvalue weighted by molar-refractivity contribution is 6.31. The third-order valence-corrected chi connectivity index (χ3v) is 6.76. The molecule has 5 aromatic carbocycles. The molecular formula is C33H25Cl3O6. The monoisotopic (exact) mass is 622 g/mol. The van der Waals surface area contributed by atoms with Crippen LogP contribution in [0.1, 0.15) is 10.4 Å². The maximum atomic E-state index is 13.2. The van der Waals surface area contributed by atoms with Crippen molar-refractivity contribution >= 4 is 51.5 Å². The molecule has 0 fully saturated rings. The van der Waals surface area contributed by atoms with Crippen molar-refractivity contribution < 1.29 is 28.5 Å². The number of carbonyl (C=O) groups is 1. The van der Waals surface area contributed by atoms with Crippen LogP contribution in [0.15, 0.2) is 103 Å². The van der Waals surface area contributed by atoms with Crippen molar-refractivity contribution in [3.63, 3.8) is 0 Å². The van der Waals surface area contributed by atoms with Crippen LogP contribution in [-0.2, 0) is 0 Å². The van der Waals surface area contributed by atoms with E-state index in [9.17, 15) is 4.79 Å². The minimum Gasteiger partial charge on any atom is -0.490 e. The van der Waals surface area contributed by atoms with E-state index in [1.807, 2.05) is 18.2 Å². The molecule has 0 aliphatic carbocycles. The second-order valence-electron chi connectivity index (χ2n) is 8.96. The van der Waals surface area contributed by atoms with Gasteiger partial charge in [0.25, 0.3) is 0 Å². The van der Waals surface area contributed by atoms with Crippen molar-refractivity contribution in [3.05, 3.63) is 124 Å². The lowest BCUT2D eigenvalue weighted by molar-refractivity contribution is 0.0728. The Balaban J connectivity index is 1.41. The van der Waals surface area contributed by atoms with Gasteiger partial charge in [0.15, 0.2) is 11.5 Å². The second-order valence-corrected chi connectivity index (χ2v) is 10.3. The molecule has 9 heteroatoms. The molecule has 6 nitrogen and oxygen atoms in total. The summed E-state index contributed by atoms with van der Waals surface area (Å²) in [6.45, 7) is 0.770. The first kappa shape index (κ1) is 29.4. The van der Waals surface area contributed by atoms with Gasteiger partial charge in [0.05, 0.1) is 5.56 Å². The SMILES string of the molecule is O=C(Oc1c(OCCOc2ccc(Cl)cc2)c(OCCOc2ccc(Cl)cc2)cc2ccc(Cl)cc12)c1ccccc1. The van der Waals surface area contributed by atoms with Crippen LogP contribution in [0.5, 0.6) is 28.7 Å². The number of ether oxygens (including phenoxy) is 5. The van der Waals surface area contributed by atoms with E-state index in [1.54, 1.807) is 84.9 Å². The summed E-state index contributed by atoms with van der Waals surface area (Å²) >= 11 is 18.3. The quantitative estimate of drug-likeness (QED) is 0.0786. The van der Waals surface area contributed by atoms with Crippen molar-refractivity contribution in [1.29, 1.82) is 0 Å². The molecule has 214 valence electrons. The Labute approximate surface area is 258 Å². The van der Waals surface area contributed by atoms with Crippen LogP contribution in [0.3, 0.4) is 0 Å². The third kappa shape index (κ3) is 7.79. The van der Waals surface area contributed by atoms with Gasteiger partial charge in [0, 0.05) is 20.5 Å². The number of esters is 1. The van der Waals surface area contributed by atoms with Gasteiger partial charge in [-0.3, -0.25) is 0 Å². The molecule has 0 aromatic heterocycles. The van der Waals surface area contributed by atoms with E-state index >= 15 is 0 Å². The number of benzene rings is 5. The summed E-state index contributed by atoms with van der Waals surface area (Å²) in [7, 11) is 0. The van der Waals surface area contributed by atoms with E-state index in [1.165, 1.54) is 0 Å². The van der Waals surface area contributed by atoms with E-state index < -0.39 is 5.97 Å². The third-order valence-electron chi connectivity index (χ3n) is 6.02. The summed E-state index contributed by atoms with van der Waals surface area (Å²) in [5, 5.41) is 3.04. The summed E-state index contributed by atoms with van der Waals surface area (Å²) < 4.78 is 29.8. The Morgan fingerprint density at radius 2 is 1.10 bits per heavy atom. The van der Waals surface area contributed by atoms with E-state index in [0.29, 0.717) is 43.3 Å². The van der Waals surface area contributed by atoms with Gasteiger partial charge in [-0.2, -0.15) is 0 Å². The van der Waals surface area contributed by atoms with Crippen LogP contribution in [0.25, 0.3) is 10.8 Å². The molecule has 5 rings (SSSR count). The van der Waals surface area contributed by atoms with Gasteiger partial charge < -0.3 is 23.7 Å². The molecule has 0 atom stereocenters. The van der Waals surface area contributed by atoms with Crippen LogP contribution >= 0.6 is 34.8 Å². The standard InChI is InChI=1S/C33H25Cl3O6/c34-24-8-12-27(13-9-24)38-16-18-40-30-20-23-6-7-26(36)21-29(23)31(42-33(37)22-4-2-1-3-5-22)32(30)41-19-17-39-28-14-10-25(35)11-15-28/h1-15,20-21H,16-19H2. The average molecular weight is 624 g/mol. The first-order chi connectivity index (χ1) is 20.5. The number of carbonyl (C=O) groups excluding carboxylic acids is 1. The number of fused-ring (bicyclic) bond motifs is 1. The van der Waals surface area contributed by atoms with Gasteiger partial charge in [0.1, 0.15) is 37.9 Å². The zero-order valence-electron chi connectivity index (χ0n) is 22.2. The van der Waals surface area contributed by atoms with Crippen LogP contribution in [0, 0.1) is 0 Å². The summed E-state index contributed by atoms with van der Waals surface area (Å²) in [5.74, 6) is 1.53. The van der Waals surface area contributed by atoms with E-state index in [2.05, 4.69) is 0 Å². The fraction of sp³-hybridized carbons (Fsp3) is 0.121. The summed E-state index contributed by atoms with van der Waals surface area (Å²) in [6.07, 6.45) is 0. The first-order valence-electron chi connectivity index (χ1n) is 13.0. The van der Waals surface area contributed by atoms with Crippen molar-refractivity contribution in [2.75, 3.05) is 26.4 Å². The smallest absolute Gasteiger partial charge is 0.343 e. The molecule has 0 N–H and O–H groups in total. The summed E-state index contributed by atoms with van der Waals surface area (Å²) in [5.41, 5.74) is 0.382. The molecule has 0 saturated heterocycles. The van der Waals surface area contributed by atoms with Gasteiger partial charge in [-0.05, 0) is 84.2 Å². The Morgan fingerprint density at radius 1 is 0.548 bits per heavy atom. The van der Waals surface area contributed by atoms with E-state index in [-0.39, 0.29) is 37.9 Å². The van der Waals surface area contributed by atoms with Gasteiger partial charge in [-0.1, -0.05) is 59.1 Å². The van der Waals surface area contributed by atoms with Crippen molar-refractivity contribution in [2.45, 2.75) is 0 Å². The molecule has 0 saturated carbocycles. The summed E-state index contributed by atoms with van der Waals surface area (Å²) in [6, 6.07) is 29.8. The zero-order valence-corrected chi connectivity index (χ0v) is 24.5. The highest BCUT2D eigenvalue weighted by atomic mass is 35.5. The number of hydrogen-bond donors (Lipinski definition) is 0. The fourth-order valence-corrected chi connectivity index (χ4v) is 4.46. The molecule has 5 aromatic rings. The fourth-order valence-electron chi connectivity index (χ4n) is 4.04. The number of rotatable bonds is 12. The van der Waals surface area contributed by atoms with Crippen LogP contribution in [-0.4, -0.2) is 32.4 Å². The molecule has 0 unspecified atom stereocenters. The lowest BCUT2D eigenvalue weighted by Gasteiger charge is -2.19. The maximum Gasteiger partial charge on any atom is 0.343 e. The maximum absolute atomic E-state index is 13.2. The van der Waals surface area contributed by atoms with Crippen LogP contribution < -0.4 is 23.7 Å². The molecule has 0 aliphatic rings. The van der Waals surface area contributed by atoms with Gasteiger partial charge in [0.2, 0.25) is 5.75 Å². The molecule has 0 spiro atoms. The van der Waals surface area contributed by atoms with Crippen molar-refractivity contribution in [3.8, 4) is 28.7 Å². The average Bonchev–Trinajstić information content (AvgIpc) is 3.00. The van der Waals surface area contributed by atoms with E-state index in [0.717, 1.165) is 5.39 Å². The lowest BCUT2D eigenvalue weighted by atomic mass is 10.1. The van der Waals surface area contributed by atoms with E-state index in [4.69, 9.17) is 58.5 Å². The molecule has 0 bridgehead atoms. The van der Waals surface area contributed by atoms with Gasteiger partial charge in [-0.15, -0.1) is 0 Å². The molecular weight excluding hydrogens is 599 g/mol. The Bertz CT molecular complexity index is 1640. The highest BCUT2D eigenvalue weighted by Gasteiger charge is 2.22. The minimum absolute atomic E-state index is 0.127. The van der Waals surface area contributed by atoms with Crippen LogP contribution in [0.4, 0.5) is 0 Å². The number of hydrogen-bond acceptors (Lipinski definition) is 6. The molecule has 0 radical (unpaired) electrons. The zero-order chi connectivity index (χ0) is 29.3. The summed E-state index contributed by atoms with van der Waals surface area (Å²) in [4.78, 5) is 13.2. The molecule has 42 heavy (non-hydrogen) atoms. The Kier molecular flexibility index (Phi) is 9.93. The first-order valence-corrected chi connectivity index (χ1v) is 14.2. The number of halogens is 3. The molecule has 0 heterocycles. The predicted octanol–water partition coefficient (Wildman–Crippen LogP) is 8.93. The Morgan fingerprint density at radius 3 is 1.71 bits per heavy atom. The Hall–Kier alpha value is -4.10. The van der Waals surface area contributed by atoms with Crippen molar-refractivity contribution in [1.82, 2.24) is 0 Å². The van der Waals surface area contributed by atoms with Crippen molar-refractivity contribution in [2.24, 2.45) is 0 Å². The van der Waals surface area contributed by atoms with Gasteiger partial charge in [-0.25, -0.2) is 4.79 Å². The predicted molar refractivity (Wildman–Crippen MR) is 165 cm³/mol. The molecule has 0 amide bonds. The topological polar surface area (TPSA) is 63.2 Å². The minimum atomic E-state index is -0.553.